The fourth-order valence-electron chi connectivity index (χ4n) is 3.19. The van der Waals surface area contributed by atoms with Crippen LogP contribution in [0.3, 0.4) is 0 Å². The summed E-state index contributed by atoms with van der Waals surface area (Å²) in [6, 6.07) is 5.15. The van der Waals surface area contributed by atoms with Crippen molar-refractivity contribution < 1.29 is 13.6 Å². The molecule has 1 saturated heterocycles. The van der Waals surface area contributed by atoms with Gasteiger partial charge in [-0.25, -0.2) is 8.78 Å². The highest BCUT2D eigenvalue weighted by Crippen LogP contribution is 2.24. The first-order chi connectivity index (χ1) is 11.0. The molecule has 122 valence electrons. The van der Waals surface area contributed by atoms with E-state index in [4.69, 9.17) is 0 Å². The molecule has 0 bridgehead atoms. The molecule has 2 heterocycles. The van der Waals surface area contributed by atoms with Gasteiger partial charge in [0.2, 0.25) is 0 Å². The lowest BCUT2D eigenvalue weighted by atomic mass is 10.0. The third kappa shape index (κ3) is 3.11. The summed E-state index contributed by atoms with van der Waals surface area (Å²) in [6.45, 7) is 4.98. The van der Waals surface area contributed by atoms with E-state index in [2.05, 4.69) is 5.10 Å². The molecule has 1 atom stereocenters. The molecular weight excluding hydrogens is 300 g/mol. The Hall–Kier alpha value is -2.24. The molecule has 2 aromatic rings. The van der Waals surface area contributed by atoms with Crippen LogP contribution in [0.25, 0.3) is 0 Å². The third-order valence-corrected chi connectivity index (χ3v) is 4.24. The fourth-order valence-corrected chi connectivity index (χ4v) is 3.19. The van der Waals surface area contributed by atoms with Crippen molar-refractivity contribution in [3.8, 4) is 0 Å². The monoisotopic (exact) mass is 319 g/mol. The van der Waals surface area contributed by atoms with Crippen LogP contribution in [0.15, 0.2) is 24.3 Å². The Morgan fingerprint density at radius 3 is 2.70 bits per heavy atom. The molecule has 0 aliphatic carbocycles. The Kier molecular flexibility index (Phi) is 4.15. The van der Waals surface area contributed by atoms with Crippen molar-refractivity contribution in [2.45, 2.75) is 32.7 Å². The predicted octanol–water partition coefficient (Wildman–Crippen LogP) is 3.26. The van der Waals surface area contributed by atoms with Crippen LogP contribution < -0.4 is 0 Å². The maximum absolute atomic E-state index is 13.8. The Bertz CT molecular complexity index is 741. The fraction of sp³-hybridized carbons (Fsp3) is 0.412. The van der Waals surface area contributed by atoms with Gasteiger partial charge in [0.25, 0.3) is 5.91 Å². The first-order valence-electron chi connectivity index (χ1n) is 7.73. The van der Waals surface area contributed by atoms with E-state index >= 15 is 0 Å². The number of rotatable bonds is 2. The molecule has 4 nitrogen and oxygen atoms in total. The van der Waals surface area contributed by atoms with Gasteiger partial charge in [-0.2, -0.15) is 5.10 Å². The largest absolute Gasteiger partial charge is 0.336 e. The van der Waals surface area contributed by atoms with E-state index in [0.717, 1.165) is 36.4 Å². The van der Waals surface area contributed by atoms with E-state index in [0.29, 0.717) is 13.1 Å². The maximum Gasteiger partial charge on any atom is 0.256 e. The van der Waals surface area contributed by atoms with Crippen molar-refractivity contribution in [1.82, 2.24) is 14.7 Å². The Morgan fingerprint density at radius 2 is 2.04 bits per heavy atom. The minimum Gasteiger partial charge on any atom is -0.336 e. The molecule has 1 aliphatic heterocycles. The molecule has 0 spiro atoms. The van der Waals surface area contributed by atoms with Gasteiger partial charge in [-0.1, -0.05) is 0 Å². The topological polar surface area (TPSA) is 38.1 Å². The smallest absolute Gasteiger partial charge is 0.256 e. The zero-order valence-electron chi connectivity index (χ0n) is 13.2. The SMILES string of the molecule is Cc1cc(C)n([C@@H]2CCCN(C(=O)c3ccc(F)cc3F)C2)n1. The lowest BCUT2D eigenvalue weighted by Crippen LogP contribution is -2.41. The van der Waals surface area contributed by atoms with Crippen LogP contribution in [-0.2, 0) is 0 Å². The number of nitrogens with zero attached hydrogens (tertiary/aromatic N) is 3. The minimum atomic E-state index is -0.816. The number of halogens is 2. The number of hydrogen-bond acceptors (Lipinski definition) is 2. The number of likely N-dealkylation sites (tertiary alicyclic amines) is 1. The number of hydrogen-bond donors (Lipinski definition) is 0. The zero-order chi connectivity index (χ0) is 16.6. The summed E-state index contributed by atoms with van der Waals surface area (Å²) in [6.07, 6.45) is 1.76. The van der Waals surface area contributed by atoms with Crippen molar-refractivity contribution in [2.75, 3.05) is 13.1 Å². The zero-order valence-corrected chi connectivity index (χ0v) is 13.2. The van der Waals surface area contributed by atoms with Crippen molar-refractivity contribution in [3.63, 3.8) is 0 Å². The molecule has 3 rings (SSSR count). The number of aryl methyl sites for hydroxylation is 2. The van der Waals surface area contributed by atoms with E-state index < -0.39 is 17.5 Å². The van der Waals surface area contributed by atoms with Crippen LogP contribution in [-0.4, -0.2) is 33.7 Å². The average molecular weight is 319 g/mol. The van der Waals surface area contributed by atoms with E-state index in [-0.39, 0.29) is 11.6 Å². The van der Waals surface area contributed by atoms with E-state index in [1.807, 2.05) is 24.6 Å². The second-order valence-electron chi connectivity index (χ2n) is 6.04. The number of aromatic nitrogens is 2. The van der Waals surface area contributed by atoms with Crippen LogP contribution in [0.5, 0.6) is 0 Å². The van der Waals surface area contributed by atoms with Gasteiger partial charge in [0.1, 0.15) is 11.6 Å². The molecule has 0 N–H and O–H groups in total. The quantitative estimate of drug-likeness (QED) is 0.852. The highest BCUT2D eigenvalue weighted by atomic mass is 19.1. The van der Waals surface area contributed by atoms with E-state index in [1.165, 1.54) is 6.07 Å². The number of carbonyl (C=O) groups excluding carboxylic acids is 1. The van der Waals surface area contributed by atoms with Gasteiger partial charge in [-0.3, -0.25) is 9.48 Å². The molecule has 1 amide bonds. The van der Waals surface area contributed by atoms with Gasteiger partial charge in [-0.15, -0.1) is 0 Å². The molecule has 1 aromatic carbocycles. The second kappa shape index (κ2) is 6.10. The molecule has 0 saturated carbocycles. The second-order valence-corrected chi connectivity index (χ2v) is 6.04. The van der Waals surface area contributed by atoms with Gasteiger partial charge in [0, 0.05) is 24.8 Å². The summed E-state index contributed by atoms with van der Waals surface area (Å²) in [7, 11) is 0. The summed E-state index contributed by atoms with van der Waals surface area (Å²) in [5.41, 5.74) is 1.91. The Labute approximate surface area is 133 Å². The lowest BCUT2D eigenvalue weighted by molar-refractivity contribution is 0.0666. The van der Waals surface area contributed by atoms with E-state index in [1.54, 1.807) is 4.90 Å². The van der Waals surface area contributed by atoms with Crippen molar-refractivity contribution in [1.29, 1.82) is 0 Å². The number of carbonyl (C=O) groups is 1. The molecule has 23 heavy (non-hydrogen) atoms. The third-order valence-electron chi connectivity index (χ3n) is 4.24. The normalized spacial score (nSPS) is 18.3. The Balaban J connectivity index is 1.80. The molecule has 1 aromatic heterocycles. The highest BCUT2D eigenvalue weighted by molar-refractivity contribution is 5.94. The standard InChI is InChI=1S/C17H19F2N3O/c1-11-8-12(2)22(20-11)14-4-3-7-21(10-14)17(23)15-6-5-13(18)9-16(15)19/h5-6,8-9,14H,3-4,7,10H2,1-2H3/t14-/m1/s1. The highest BCUT2D eigenvalue weighted by Gasteiger charge is 2.28. The first-order valence-corrected chi connectivity index (χ1v) is 7.73. The van der Waals surface area contributed by atoms with Gasteiger partial charge < -0.3 is 4.90 Å². The molecule has 0 unspecified atom stereocenters. The van der Waals surface area contributed by atoms with Crippen molar-refractivity contribution in [3.05, 3.63) is 52.9 Å². The lowest BCUT2D eigenvalue weighted by Gasteiger charge is -2.33. The number of piperidine rings is 1. The predicted molar refractivity (Wildman–Crippen MR) is 82.2 cm³/mol. The van der Waals surface area contributed by atoms with Crippen molar-refractivity contribution in [2.24, 2.45) is 0 Å². The molecule has 0 radical (unpaired) electrons. The van der Waals surface area contributed by atoms with Gasteiger partial charge in [-0.05, 0) is 44.9 Å². The van der Waals surface area contributed by atoms with Gasteiger partial charge in [0.15, 0.2) is 0 Å². The van der Waals surface area contributed by atoms with Crippen LogP contribution in [0, 0.1) is 25.5 Å². The molecule has 1 aliphatic rings. The average Bonchev–Trinajstić information content (AvgIpc) is 2.85. The molecule has 6 heteroatoms. The van der Waals surface area contributed by atoms with Crippen LogP contribution in [0.4, 0.5) is 8.78 Å². The summed E-state index contributed by atoms with van der Waals surface area (Å²) in [4.78, 5) is 14.2. The van der Waals surface area contributed by atoms with E-state index in [9.17, 15) is 13.6 Å². The maximum atomic E-state index is 13.8. The van der Waals surface area contributed by atoms with Crippen LogP contribution >= 0.6 is 0 Å². The number of amides is 1. The number of benzene rings is 1. The summed E-state index contributed by atoms with van der Waals surface area (Å²) < 4.78 is 28.8. The summed E-state index contributed by atoms with van der Waals surface area (Å²) in [5, 5.41) is 4.48. The van der Waals surface area contributed by atoms with Crippen LogP contribution in [0.2, 0.25) is 0 Å². The first kappa shape index (κ1) is 15.6. The summed E-state index contributed by atoms with van der Waals surface area (Å²) >= 11 is 0. The Morgan fingerprint density at radius 1 is 1.26 bits per heavy atom. The van der Waals surface area contributed by atoms with Gasteiger partial charge >= 0.3 is 0 Å². The molecular formula is C17H19F2N3O. The van der Waals surface area contributed by atoms with Crippen molar-refractivity contribution >= 4 is 5.91 Å². The van der Waals surface area contributed by atoms with Crippen LogP contribution in [0.1, 0.15) is 40.6 Å². The summed E-state index contributed by atoms with van der Waals surface area (Å²) in [5.74, 6) is -1.89. The minimum absolute atomic E-state index is 0.0829. The molecule has 1 fully saturated rings. The van der Waals surface area contributed by atoms with Gasteiger partial charge in [0.05, 0.1) is 17.3 Å².